The normalized spacial score (nSPS) is 14.2. The van der Waals surface area contributed by atoms with Crippen molar-refractivity contribution in [1.29, 1.82) is 0 Å². The van der Waals surface area contributed by atoms with Gasteiger partial charge in [0.1, 0.15) is 11.0 Å². The summed E-state index contributed by atoms with van der Waals surface area (Å²) in [6.07, 6.45) is -4.51. The number of rotatable bonds is 1. The molecular weight excluding hydrogens is 203 g/mol. The zero-order chi connectivity index (χ0) is 10.1. The van der Waals surface area contributed by atoms with E-state index >= 15 is 0 Å². The van der Waals surface area contributed by atoms with E-state index in [0.29, 0.717) is 0 Å². The maximum Gasteiger partial charge on any atom is 0.417 e. The van der Waals surface area contributed by atoms with E-state index in [4.69, 9.17) is 5.14 Å². The lowest BCUT2D eigenvalue weighted by Crippen LogP contribution is -2.13. The molecule has 0 heterocycles. The van der Waals surface area contributed by atoms with Crippen LogP contribution in [0.4, 0.5) is 13.2 Å². The summed E-state index contributed by atoms with van der Waals surface area (Å²) < 4.78 is 47.4. The smallest absolute Gasteiger partial charge is 0.248 e. The standard InChI is InChI=1S/C7H6F3NOS/c8-7(9,10)5-3-1-2-4-6(5)13(11)12/h1-4H,11H2. The molecule has 0 bridgehead atoms. The van der Waals surface area contributed by atoms with Crippen molar-refractivity contribution in [2.24, 2.45) is 5.14 Å². The predicted octanol–water partition coefficient (Wildman–Crippen LogP) is 1.69. The van der Waals surface area contributed by atoms with E-state index in [1.54, 1.807) is 0 Å². The highest BCUT2D eigenvalue weighted by molar-refractivity contribution is 7.82. The highest BCUT2D eigenvalue weighted by Crippen LogP contribution is 2.32. The van der Waals surface area contributed by atoms with Crippen molar-refractivity contribution >= 4 is 11.0 Å². The van der Waals surface area contributed by atoms with Gasteiger partial charge in [0.2, 0.25) is 0 Å². The fraction of sp³-hybridized carbons (Fsp3) is 0.143. The molecule has 13 heavy (non-hydrogen) atoms. The van der Waals surface area contributed by atoms with Gasteiger partial charge in [0.05, 0.1) is 10.5 Å². The molecular formula is C7H6F3NOS. The minimum absolute atomic E-state index is 0.394. The molecule has 1 rings (SSSR count). The van der Waals surface area contributed by atoms with Crippen molar-refractivity contribution in [1.82, 2.24) is 0 Å². The van der Waals surface area contributed by atoms with Gasteiger partial charge in [0, 0.05) is 0 Å². The molecule has 0 aliphatic heterocycles. The molecule has 1 atom stereocenters. The van der Waals surface area contributed by atoms with Crippen molar-refractivity contribution in [3.8, 4) is 0 Å². The molecule has 0 saturated heterocycles. The maximum atomic E-state index is 12.2. The third kappa shape index (κ3) is 2.28. The summed E-state index contributed by atoms with van der Waals surface area (Å²) in [6.45, 7) is 0. The molecule has 0 aromatic heterocycles. The number of hydrogen-bond acceptors (Lipinski definition) is 1. The molecule has 0 fully saturated rings. The van der Waals surface area contributed by atoms with Crippen LogP contribution in [0.1, 0.15) is 5.56 Å². The van der Waals surface area contributed by atoms with Crippen LogP contribution in [-0.4, -0.2) is 4.21 Å². The van der Waals surface area contributed by atoms with Crippen LogP contribution in [0.5, 0.6) is 0 Å². The lowest BCUT2D eigenvalue weighted by atomic mass is 10.2. The van der Waals surface area contributed by atoms with Gasteiger partial charge in [-0.1, -0.05) is 12.1 Å². The molecule has 0 saturated carbocycles. The van der Waals surface area contributed by atoms with Gasteiger partial charge in [0.25, 0.3) is 0 Å². The fourth-order valence-corrected chi connectivity index (χ4v) is 1.49. The zero-order valence-electron chi connectivity index (χ0n) is 6.34. The van der Waals surface area contributed by atoms with Gasteiger partial charge in [0.15, 0.2) is 0 Å². The SMILES string of the molecule is NS(=O)c1ccccc1C(F)(F)F. The van der Waals surface area contributed by atoms with E-state index in [2.05, 4.69) is 0 Å². The number of hydrogen-bond donors (Lipinski definition) is 1. The van der Waals surface area contributed by atoms with Crippen LogP contribution in [-0.2, 0) is 17.2 Å². The van der Waals surface area contributed by atoms with E-state index in [9.17, 15) is 17.4 Å². The summed E-state index contributed by atoms with van der Waals surface area (Å²) >= 11 is 0. The Morgan fingerprint density at radius 2 is 1.77 bits per heavy atom. The number of nitrogens with two attached hydrogens (primary N) is 1. The molecule has 1 aromatic carbocycles. The average molecular weight is 209 g/mol. The van der Waals surface area contributed by atoms with Crippen molar-refractivity contribution < 1.29 is 17.4 Å². The van der Waals surface area contributed by atoms with Crippen molar-refractivity contribution in [3.05, 3.63) is 29.8 Å². The van der Waals surface area contributed by atoms with Gasteiger partial charge in [-0.2, -0.15) is 13.2 Å². The third-order valence-corrected chi connectivity index (χ3v) is 2.20. The van der Waals surface area contributed by atoms with Crippen LogP contribution in [0.3, 0.4) is 0 Å². The molecule has 1 aromatic rings. The Balaban J connectivity index is 3.28. The third-order valence-electron chi connectivity index (χ3n) is 1.41. The Kier molecular flexibility index (Phi) is 2.72. The van der Waals surface area contributed by atoms with Gasteiger partial charge >= 0.3 is 6.18 Å². The van der Waals surface area contributed by atoms with Crippen molar-refractivity contribution in [3.63, 3.8) is 0 Å². The summed E-state index contributed by atoms with van der Waals surface area (Å²) in [6, 6.07) is 4.52. The molecule has 0 spiro atoms. The molecule has 1 unspecified atom stereocenters. The zero-order valence-corrected chi connectivity index (χ0v) is 7.15. The lowest BCUT2D eigenvalue weighted by molar-refractivity contribution is -0.139. The van der Waals surface area contributed by atoms with E-state index < -0.39 is 27.6 Å². The molecule has 0 radical (unpaired) electrons. The number of alkyl halides is 3. The molecule has 72 valence electrons. The Hall–Kier alpha value is -0.880. The molecule has 0 aliphatic carbocycles. The summed E-state index contributed by atoms with van der Waals surface area (Å²) in [7, 11) is -2.11. The van der Waals surface area contributed by atoms with E-state index in [1.807, 2.05) is 0 Å². The second-order valence-corrected chi connectivity index (χ2v) is 3.33. The van der Waals surface area contributed by atoms with Crippen LogP contribution in [0, 0.1) is 0 Å². The Morgan fingerprint density at radius 3 is 2.15 bits per heavy atom. The van der Waals surface area contributed by atoms with Gasteiger partial charge in [-0.25, -0.2) is 9.35 Å². The molecule has 0 aliphatic rings. The van der Waals surface area contributed by atoms with Crippen LogP contribution in [0.15, 0.2) is 29.2 Å². The Labute approximate surface area is 75.1 Å². The quantitative estimate of drug-likeness (QED) is 0.751. The fourth-order valence-electron chi connectivity index (χ4n) is 0.876. The van der Waals surface area contributed by atoms with E-state index in [-0.39, 0.29) is 0 Å². The second-order valence-electron chi connectivity index (χ2n) is 2.29. The summed E-state index contributed by atoms with van der Waals surface area (Å²) in [5.41, 5.74) is -0.948. The highest BCUT2D eigenvalue weighted by Gasteiger charge is 2.33. The first-order valence-electron chi connectivity index (χ1n) is 3.25. The topological polar surface area (TPSA) is 43.1 Å². The monoisotopic (exact) mass is 209 g/mol. The summed E-state index contributed by atoms with van der Waals surface area (Å²) in [4.78, 5) is -0.394. The summed E-state index contributed by atoms with van der Waals surface area (Å²) in [5, 5.41) is 4.88. The van der Waals surface area contributed by atoms with Gasteiger partial charge in [-0.3, -0.25) is 0 Å². The van der Waals surface area contributed by atoms with E-state index in [1.165, 1.54) is 12.1 Å². The summed E-state index contributed by atoms with van der Waals surface area (Å²) in [5.74, 6) is 0. The highest BCUT2D eigenvalue weighted by atomic mass is 32.2. The number of benzene rings is 1. The second kappa shape index (κ2) is 3.47. The first-order chi connectivity index (χ1) is 5.93. The molecule has 0 amide bonds. The van der Waals surface area contributed by atoms with Crippen LogP contribution >= 0.6 is 0 Å². The average Bonchev–Trinajstić information content (AvgIpc) is 2.03. The predicted molar refractivity (Wildman–Crippen MR) is 42.0 cm³/mol. The lowest BCUT2D eigenvalue weighted by Gasteiger charge is -2.09. The first kappa shape index (κ1) is 10.2. The Morgan fingerprint density at radius 1 is 1.23 bits per heavy atom. The number of halogens is 3. The van der Waals surface area contributed by atoms with Crippen molar-refractivity contribution in [2.45, 2.75) is 11.1 Å². The van der Waals surface area contributed by atoms with Gasteiger partial charge in [-0.05, 0) is 12.1 Å². The first-order valence-corrected chi connectivity index (χ1v) is 4.46. The van der Waals surface area contributed by atoms with E-state index in [0.717, 1.165) is 12.1 Å². The van der Waals surface area contributed by atoms with Gasteiger partial charge < -0.3 is 0 Å². The molecule has 6 heteroatoms. The minimum atomic E-state index is -4.51. The van der Waals surface area contributed by atoms with Crippen LogP contribution < -0.4 is 5.14 Å². The molecule has 2 N–H and O–H groups in total. The van der Waals surface area contributed by atoms with Crippen LogP contribution in [0.25, 0.3) is 0 Å². The van der Waals surface area contributed by atoms with Crippen LogP contribution in [0.2, 0.25) is 0 Å². The van der Waals surface area contributed by atoms with Crippen molar-refractivity contribution in [2.75, 3.05) is 0 Å². The molecule has 2 nitrogen and oxygen atoms in total. The maximum absolute atomic E-state index is 12.2. The minimum Gasteiger partial charge on any atom is -0.248 e. The Bertz CT molecular complexity index is 337. The van der Waals surface area contributed by atoms with Gasteiger partial charge in [-0.15, -0.1) is 0 Å². The largest absolute Gasteiger partial charge is 0.417 e.